The average Bonchev–Trinajstić information content (AvgIpc) is 2.80. The summed E-state index contributed by atoms with van der Waals surface area (Å²) in [5.41, 5.74) is -0.183. The van der Waals surface area contributed by atoms with Crippen molar-refractivity contribution in [3.63, 3.8) is 0 Å². The van der Waals surface area contributed by atoms with Gasteiger partial charge in [-0.15, -0.1) is 0 Å². The van der Waals surface area contributed by atoms with E-state index in [-0.39, 0.29) is 25.5 Å². The lowest BCUT2D eigenvalue weighted by Crippen LogP contribution is -2.33. The molecule has 1 aliphatic rings. The van der Waals surface area contributed by atoms with E-state index >= 15 is 0 Å². The summed E-state index contributed by atoms with van der Waals surface area (Å²) in [5, 5.41) is 11.5. The lowest BCUT2D eigenvalue weighted by Gasteiger charge is -2.16. The second-order valence-electron chi connectivity index (χ2n) is 4.11. The summed E-state index contributed by atoms with van der Waals surface area (Å²) in [6, 6.07) is -0.479. The summed E-state index contributed by atoms with van der Waals surface area (Å²) in [6.45, 7) is 3.62. The third kappa shape index (κ3) is 4.54. The predicted octanol–water partition coefficient (Wildman–Crippen LogP) is -0.617. The molecule has 0 aliphatic carbocycles. The van der Waals surface area contributed by atoms with Crippen molar-refractivity contribution in [2.75, 3.05) is 26.3 Å². The van der Waals surface area contributed by atoms with Crippen LogP contribution in [0.25, 0.3) is 0 Å². The molecule has 112 valence electrons. The second kappa shape index (κ2) is 7.49. The number of rotatable bonds is 6. The monoisotopic (exact) mass is 286 g/mol. The largest absolute Gasteiger partial charge is 0.461 e. The summed E-state index contributed by atoms with van der Waals surface area (Å²) in [5.74, 6) is -1.60. The highest BCUT2D eigenvalue weighted by molar-refractivity contribution is 5.99. The standard InChI is InChI=1S/C12H18N2O6/c1-3-19-11(17)9(14-5-4-13-12(14)18)6-10(16)20-7-8(2)15/h6,8,15H,3-5,7H2,1-2H3,(H,13,18). The number of aliphatic hydroxyl groups excluding tert-OH is 1. The van der Waals surface area contributed by atoms with Gasteiger partial charge in [0.2, 0.25) is 0 Å². The molecule has 1 rings (SSSR count). The van der Waals surface area contributed by atoms with Gasteiger partial charge in [0.1, 0.15) is 12.3 Å². The molecule has 1 saturated heterocycles. The molecule has 0 spiro atoms. The van der Waals surface area contributed by atoms with Gasteiger partial charge in [-0.2, -0.15) is 0 Å². The van der Waals surface area contributed by atoms with E-state index in [1.165, 1.54) is 6.92 Å². The molecule has 8 heteroatoms. The lowest BCUT2D eigenvalue weighted by atomic mass is 10.3. The Morgan fingerprint density at radius 1 is 1.50 bits per heavy atom. The number of amides is 2. The van der Waals surface area contributed by atoms with Crippen LogP contribution in [0.4, 0.5) is 4.79 Å². The zero-order chi connectivity index (χ0) is 15.1. The van der Waals surface area contributed by atoms with Crippen LogP contribution >= 0.6 is 0 Å². The SMILES string of the molecule is CCOC(=O)C(=CC(=O)OCC(C)O)N1CCNC1=O. The first-order valence-electron chi connectivity index (χ1n) is 6.24. The van der Waals surface area contributed by atoms with E-state index in [0.717, 1.165) is 11.0 Å². The van der Waals surface area contributed by atoms with Crippen molar-refractivity contribution in [1.29, 1.82) is 0 Å². The van der Waals surface area contributed by atoms with Crippen LogP contribution in [0.1, 0.15) is 13.8 Å². The number of carbonyl (C=O) groups is 3. The van der Waals surface area contributed by atoms with Crippen LogP contribution in [0.15, 0.2) is 11.8 Å². The minimum Gasteiger partial charge on any atom is -0.461 e. The molecule has 0 radical (unpaired) electrons. The van der Waals surface area contributed by atoms with Gasteiger partial charge in [0, 0.05) is 13.1 Å². The van der Waals surface area contributed by atoms with Crippen LogP contribution in [-0.2, 0) is 19.1 Å². The molecule has 0 aromatic heterocycles. The van der Waals surface area contributed by atoms with Crippen molar-refractivity contribution in [2.45, 2.75) is 20.0 Å². The Morgan fingerprint density at radius 3 is 2.70 bits per heavy atom. The molecule has 0 bridgehead atoms. The number of aliphatic hydroxyl groups is 1. The number of nitrogens with one attached hydrogen (secondary N) is 1. The Hall–Kier alpha value is -2.09. The van der Waals surface area contributed by atoms with Gasteiger partial charge >= 0.3 is 18.0 Å². The maximum absolute atomic E-state index is 11.8. The van der Waals surface area contributed by atoms with Crippen LogP contribution in [0.5, 0.6) is 0 Å². The highest BCUT2D eigenvalue weighted by atomic mass is 16.5. The molecule has 1 fully saturated rings. The highest BCUT2D eigenvalue weighted by Gasteiger charge is 2.29. The van der Waals surface area contributed by atoms with Gasteiger partial charge in [0.15, 0.2) is 0 Å². The maximum Gasteiger partial charge on any atom is 0.355 e. The molecule has 0 aromatic rings. The number of ether oxygens (including phenoxy) is 2. The molecule has 1 unspecified atom stereocenters. The normalized spacial score (nSPS) is 16.6. The number of nitrogens with zero attached hydrogens (tertiary/aromatic N) is 1. The Bertz CT molecular complexity index is 418. The molecule has 8 nitrogen and oxygen atoms in total. The van der Waals surface area contributed by atoms with Crippen molar-refractivity contribution in [3.8, 4) is 0 Å². The molecule has 1 aliphatic heterocycles. The second-order valence-corrected chi connectivity index (χ2v) is 4.11. The quantitative estimate of drug-likeness (QED) is 0.498. The van der Waals surface area contributed by atoms with Crippen LogP contribution in [0, 0.1) is 0 Å². The molecular weight excluding hydrogens is 268 g/mol. The first-order chi connectivity index (χ1) is 9.45. The van der Waals surface area contributed by atoms with Crippen LogP contribution in [0.2, 0.25) is 0 Å². The first kappa shape index (κ1) is 16.0. The van der Waals surface area contributed by atoms with Crippen molar-refractivity contribution in [2.24, 2.45) is 0 Å². The fourth-order valence-corrected chi connectivity index (χ4v) is 1.51. The highest BCUT2D eigenvalue weighted by Crippen LogP contribution is 2.11. The lowest BCUT2D eigenvalue weighted by molar-refractivity contribution is -0.143. The van der Waals surface area contributed by atoms with E-state index in [4.69, 9.17) is 14.6 Å². The Labute approximate surface area is 116 Å². The van der Waals surface area contributed by atoms with Crippen molar-refractivity contribution >= 4 is 18.0 Å². The van der Waals surface area contributed by atoms with Gasteiger partial charge in [-0.1, -0.05) is 0 Å². The zero-order valence-corrected chi connectivity index (χ0v) is 11.4. The van der Waals surface area contributed by atoms with E-state index in [1.807, 2.05) is 0 Å². The number of esters is 2. The van der Waals surface area contributed by atoms with Crippen molar-refractivity contribution < 1.29 is 29.0 Å². The van der Waals surface area contributed by atoms with Crippen molar-refractivity contribution in [1.82, 2.24) is 10.2 Å². The molecule has 2 amide bonds. The summed E-state index contributed by atoms with van der Waals surface area (Å²) >= 11 is 0. The molecular formula is C12H18N2O6. The van der Waals surface area contributed by atoms with E-state index < -0.39 is 24.1 Å². The van der Waals surface area contributed by atoms with E-state index in [1.54, 1.807) is 6.92 Å². The molecule has 20 heavy (non-hydrogen) atoms. The number of hydrogen-bond acceptors (Lipinski definition) is 6. The van der Waals surface area contributed by atoms with Crippen LogP contribution in [0.3, 0.4) is 0 Å². The van der Waals surface area contributed by atoms with Gasteiger partial charge in [-0.05, 0) is 13.8 Å². The first-order valence-corrected chi connectivity index (χ1v) is 6.24. The summed E-state index contributed by atoms with van der Waals surface area (Å²) in [6.07, 6.45) is 0.0825. The number of hydrogen-bond donors (Lipinski definition) is 2. The van der Waals surface area contributed by atoms with Gasteiger partial charge in [0.05, 0.1) is 18.8 Å². The maximum atomic E-state index is 11.8. The zero-order valence-electron chi connectivity index (χ0n) is 11.4. The average molecular weight is 286 g/mol. The molecule has 2 N–H and O–H groups in total. The topological polar surface area (TPSA) is 105 Å². The van der Waals surface area contributed by atoms with Gasteiger partial charge in [-0.3, -0.25) is 4.90 Å². The minimum atomic E-state index is -0.825. The van der Waals surface area contributed by atoms with Gasteiger partial charge in [0.25, 0.3) is 0 Å². The van der Waals surface area contributed by atoms with E-state index in [9.17, 15) is 14.4 Å². The molecule has 1 atom stereocenters. The number of carbonyl (C=O) groups excluding carboxylic acids is 3. The molecule has 0 saturated carbocycles. The molecule has 0 aromatic carbocycles. The fourth-order valence-electron chi connectivity index (χ4n) is 1.51. The molecule has 1 heterocycles. The summed E-state index contributed by atoms with van der Waals surface area (Å²) in [7, 11) is 0. The fraction of sp³-hybridized carbons (Fsp3) is 0.583. The Kier molecular flexibility index (Phi) is 5.98. The van der Waals surface area contributed by atoms with Gasteiger partial charge in [-0.25, -0.2) is 14.4 Å². The summed E-state index contributed by atoms with van der Waals surface area (Å²) in [4.78, 5) is 36.0. The minimum absolute atomic E-state index is 0.119. The van der Waals surface area contributed by atoms with E-state index in [0.29, 0.717) is 6.54 Å². The Morgan fingerprint density at radius 2 is 2.20 bits per heavy atom. The smallest absolute Gasteiger partial charge is 0.355 e. The van der Waals surface area contributed by atoms with Crippen LogP contribution < -0.4 is 5.32 Å². The van der Waals surface area contributed by atoms with Crippen LogP contribution in [-0.4, -0.2) is 60.4 Å². The third-order valence-corrected chi connectivity index (χ3v) is 2.35. The third-order valence-electron chi connectivity index (χ3n) is 2.35. The predicted molar refractivity (Wildman–Crippen MR) is 67.5 cm³/mol. The summed E-state index contributed by atoms with van der Waals surface area (Å²) < 4.78 is 9.53. The van der Waals surface area contributed by atoms with E-state index in [2.05, 4.69) is 5.32 Å². The number of urea groups is 1. The van der Waals surface area contributed by atoms with Gasteiger partial charge < -0.3 is 19.9 Å². The van der Waals surface area contributed by atoms with Crippen molar-refractivity contribution in [3.05, 3.63) is 11.8 Å². The Balaban J connectivity index is 2.83.